The van der Waals surface area contributed by atoms with Crippen LogP contribution in [0.15, 0.2) is 0 Å². The second-order valence-electron chi connectivity index (χ2n) is 6.34. The molecule has 0 aliphatic rings. The van der Waals surface area contributed by atoms with Gasteiger partial charge in [-0.3, -0.25) is 9.59 Å². The van der Waals surface area contributed by atoms with Crippen LogP contribution < -0.4 is 0 Å². The van der Waals surface area contributed by atoms with Gasteiger partial charge in [-0.2, -0.15) is 0 Å². The summed E-state index contributed by atoms with van der Waals surface area (Å²) < 4.78 is 21.2. The van der Waals surface area contributed by atoms with Crippen molar-refractivity contribution in [2.24, 2.45) is 0 Å². The topological polar surface area (TPSA) is 118 Å². The van der Waals surface area contributed by atoms with Crippen LogP contribution in [0.2, 0.25) is 0 Å². The Morgan fingerprint density at radius 1 is 0.571 bits per heavy atom. The second-order valence-corrected chi connectivity index (χ2v) is 6.34. The van der Waals surface area contributed by atoms with Crippen LogP contribution in [0.1, 0.15) is 12.8 Å². The molecular formula is C18H36N2O8. The molecule has 0 saturated carbocycles. The lowest BCUT2D eigenvalue weighted by molar-refractivity contribution is -0.139. The van der Waals surface area contributed by atoms with Gasteiger partial charge in [-0.25, -0.2) is 0 Å². The molecule has 10 nitrogen and oxygen atoms in total. The molecule has 0 aliphatic carbocycles. The SMILES string of the molecule is CN(CCOCCOCCC(=O)O)CCN(C)CCOCCOCCC(=O)O. The Hall–Kier alpha value is -1.30. The van der Waals surface area contributed by atoms with Gasteiger partial charge in [-0.05, 0) is 14.1 Å². The Morgan fingerprint density at radius 3 is 1.21 bits per heavy atom. The van der Waals surface area contributed by atoms with E-state index >= 15 is 0 Å². The Morgan fingerprint density at radius 2 is 0.893 bits per heavy atom. The molecule has 0 amide bonds. The number of rotatable bonds is 21. The molecule has 0 unspecified atom stereocenters. The molecule has 0 atom stereocenters. The van der Waals surface area contributed by atoms with Gasteiger partial charge in [0.1, 0.15) is 0 Å². The smallest absolute Gasteiger partial charge is 0.305 e. The molecule has 0 spiro atoms. The van der Waals surface area contributed by atoms with Crippen LogP contribution in [0.4, 0.5) is 0 Å². The molecule has 0 heterocycles. The number of hydrogen-bond donors (Lipinski definition) is 2. The lowest BCUT2D eigenvalue weighted by Gasteiger charge is -2.22. The fourth-order valence-electron chi connectivity index (χ4n) is 1.97. The monoisotopic (exact) mass is 408 g/mol. The van der Waals surface area contributed by atoms with Crippen molar-refractivity contribution >= 4 is 11.9 Å². The van der Waals surface area contributed by atoms with E-state index in [1.165, 1.54) is 0 Å². The fourth-order valence-corrected chi connectivity index (χ4v) is 1.97. The van der Waals surface area contributed by atoms with Gasteiger partial charge in [0.25, 0.3) is 0 Å². The van der Waals surface area contributed by atoms with E-state index in [2.05, 4.69) is 9.80 Å². The first-order valence-corrected chi connectivity index (χ1v) is 9.53. The number of aliphatic carboxylic acids is 2. The minimum atomic E-state index is -0.860. The van der Waals surface area contributed by atoms with Crippen molar-refractivity contribution < 1.29 is 38.7 Å². The highest BCUT2D eigenvalue weighted by molar-refractivity contribution is 5.66. The molecule has 0 radical (unpaired) electrons. The summed E-state index contributed by atoms with van der Waals surface area (Å²) in [6.07, 6.45) is 0.0315. The Labute approximate surface area is 167 Å². The first-order valence-electron chi connectivity index (χ1n) is 9.53. The van der Waals surface area contributed by atoms with Gasteiger partial charge in [0.05, 0.1) is 65.7 Å². The van der Waals surface area contributed by atoms with Crippen molar-refractivity contribution in [3.63, 3.8) is 0 Å². The highest BCUT2D eigenvalue weighted by Gasteiger charge is 2.03. The highest BCUT2D eigenvalue weighted by atomic mass is 16.5. The average molecular weight is 408 g/mol. The average Bonchev–Trinajstić information content (AvgIpc) is 2.63. The summed E-state index contributed by atoms with van der Waals surface area (Å²) in [4.78, 5) is 25.0. The summed E-state index contributed by atoms with van der Waals surface area (Å²) in [5.41, 5.74) is 0. The van der Waals surface area contributed by atoms with Gasteiger partial charge in [0.2, 0.25) is 0 Å². The zero-order chi connectivity index (χ0) is 21.0. The quantitative estimate of drug-likeness (QED) is 0.249. The van der Waals surface area contributed by atoms with E-state index < -0.39 is 11.9 Å². The third-order valence-corrected chi connectivity index (χ3v) is 3.76. The summed E-state index contributed by atoms with van der Waals surface area (Å²) in [5.74, 6) is -1.72. The molecule has 10 heteroatoms. The summed E-state index contributed by atoms with van der Waals surface area (Å²) >= 11 is 0. The summed E-state index contributed by atoms with van der Waals surface area (Å²) in [6, 6.07) is 0. The second kappa shape index (κ2) is 19.0. The third kappa shape index (κ3) is 21.0. The summed E-state index contributed by atoms with van der Waals surface area (Å²) in [5, 5.41) is 16.9. The third-order valence-electron chi connectivity index (χ3n) is 3.76. The maximum Gasteiger partial charge on any atom is 0.305 e. The number of likely N-dealkylation sites (N-methyl/N-ethyl adjacent to an activating group) is 2. The fraction of sp³-hybridized carbons (Fsp3) is 0.889. The standard InChI is InChI=1S/C18H36N2O8/c1-19(7-11-27-15-13-25-9-3-17(21)22)5-6-20(2)8-12-28-16-14-26-10-4-18(23)24/h3-16H2,1-2H3,(H,21,22)(H,23,24). The van der Waals surface area contributed by atoms with Crippen LogP contribution in [0.3, 0.4) is 0 Å². The van der Waals surface area contributed by atoms with Crippen LogP contribution in [0, 0.1) is 0 Å². The largest absolute Gasteiger partial charge is 0.481 e. The van der Waals surface area contributed by atoms with E-state index in [1.54, 1.807) is 0 Å². The van der Waals surface area contributed by atoms with Crippen molar-refractivity contribution in [2.45, 2.75) is 12.8 Å². The summed E-state index contributed by atoms with van der Waals surface area (Å²) in [6.45, 7) is 6.82. The first-order chi connectivity index (χ1) is 13.4. The lowest BCUT2D eigenvalue weighted by Crippen LogP contribution is -2.34. The van der Waals surface area contributed by atoms with Gasteiger partial charge in [0, 0.05) is 26.2 Å². The molecule has 0 fully saturated rings. The van der Waals surface area contributed by atoms with Crippen molar-refractivity contribution in [3.05, 3.63) is 0 Å². The predicted octanol–water partition coefficient (Wildman–Crippen LogP) is -0.134. The van der Waals surface area contributed by atoms with E-state index in [9.17, 15) is 9.59 Å². The van der Waals surface area contributed by atoms with Crippen molar-refractivity contribution in [1.29, 1.82) is 0 Å². The molecule has 166 valence electrons. The van der Waals surface area contributed by atoms with Gasteiger partial charge >= 0.3 is 11.9 Å². The minimum Gasteiger partial charge on any atom is -0.481 e. The number of hydrogen-bond acceptors (Lipinski definition) is 8. The van der Waals surface area contributed by atoms with Crippen molar-refractivity contribution in [2.75, 3.05) is 93.1 Å². The molecule has 28 heavy (non-hydrogen) atoms. The number of ether oxygens (including phenoxy) is 4. The van der Waals surface area contributed by atoms with E-state index in [0.717, 1.165) is 26.2 Å². The van der Waals surface area contributed by atoms with Gasteiger partial charge < -0.3 is 39.0 Å². The van der Waals surface area contributed by atoms with E-state index in [4.69, 9.17) is 29.2 Å². The van der Waals surface area contributed by atoms with Crippen molar-refractivity contribution in [1.82, 2.24) is 9.80 Å². The van der Waals surface area contributed by atoms with Crippen LogP contribution in [-0.4, -0.2) is 125 Å². The predicted molar refractivity (Wildman–Crippen MR) is 103 cm³/mol. The van der Waals surface area contributed by atoms with E-state index in [0.29, 0.717) is 39.6 Å². The Balaban J connectivity index is 3.35. The van der Waals surface area contributed by atoms with Gasteiger partial charge in [-0.1, -0.05) is 0 Å². The molecule has 0 rings (SSSR count). The molecule has 0 saturated heterocycles. The number of nitrogens with zero attached hydrogens (tertiary/aromatic N) is 2. The summed E-state index contributed by atoms with van der Waals surface area (Å²) in [7, 11) is 4.07. The lowest BCUT2D eigenvalue weighted by atomic mass is 10.4. The maximum atomic E-state index is 10.3. The zero-order valence-corrected chi connectivity index (χ0v) is 17.1. The van der Waals surface area contributed by atoms with Crippen molar-refractivity contribution in [3.8, 4) is 0 Å². The number of carboxylic acids is 2. The normalized spacial score (nSPS) is 11.4. The molecule has 0 aliphatic heterocycles. The molecule has 0 bridgehead atoms. The van der Waals surface area contributed by atoms with Crippen LogP contribution in [0.5, 0.6) is 0 Å². The minimum absolute atomic E-state index is 0.0157. The molecule has 0 aromatic rings. The Bertz CT molecular complexity index is 362. The highest BCUT2D eigenvalue weighted by Crippen LogP contribution is 1.90. The van der Waals surface area contributed by atoms with E-state index in [-0.39, 0.29) is 26.1 Å². The van der Waals surface area contributed by atoms with Gasteiger partial charge in [0.15, 0.2) is 0 Å². The van der Waals surface area contributed by atoms with Gasteiger partial charge in [-0.15, -0.1) is 0 Å². The molecular weight excluding hydrogens is 372 g/mol. The Kier molecular flexibility index (Phi) is 18.2. The van der Waals surface area contributed by atoms with Crippen LogP contribution in [0.25, 0.3) is 0 Å². The van der Waals surface area contributed by atoms with Crippen LogP contribution in [-0.2, 0) is 28.5 Å². The molecule has 0 aromatic carbocycles. The number of carbonyl (C=O) groups is 2. The molecule has 2 N–H and O–H groups in total. The molecule has 0 aromatic heterocycles. The first kappa shape index (κ1) is 26.7. The zero-order valence-electron chi connectivity index (χ0n) is 17.1. The number of carboxylic acid groups (broad SMARTS) is 2. The maximum absolute atomic E-state index is 10.3. The van der Waals surface area contributed by atoms with E-state index in [1.807, 2.05) is 14.1 Å². The van der Waals surface area contributed by atoms with Crippen LogP contribution >= 0.6 is 0 Å².